The molecular weight excluding hydrogens is 248 g/mol. The van der Waals surface area contributed by atoms with E-state index in [4.69, 9.17) is 5.73 Å². The Labute approximate surface area is 119 Å². The molecule has 0 radical (unpaired) electrons. The number of hydrogen-bond acceptors (Lipinski definition) is 2. The summed E-state index contributed by atoms with van der Waals surface area (Å²) in [6.07, 6.45) is 0. The number of nitrogen functional groups attached to an aromatic ring is 1. The van der Waals surface area contributed by atoms with Gasteiger partial charge in [0, 0.05) is 11.4 Å². The largest absolute Gasteiger partial charge is 0.398 e. The van der Waals surface area contributed by atoms with Gasteiger partial charge in [-0.05, 0) is 37.1 Å². The molecule has 3 nitrogen and oxygen atoms in total. The number of fused-ring (bicyclic) bond motifs is 1. The van der Waals surface area contributed by atoms with E-state index in [2.05, 4.69) is 0 Å². The highest BCUT2D eigenvalue weighted by atomic mass is 16.2. The van der Waals surface area contributed by atoms with E-state index in [0.29, 0.717) is 6.54 Å². The van der Waals surface area contributed by atoms with Crippen LogP contribution in [0.1, 0.15) is 25.0 Å². The lowest BCUT2D eigenvalue weighted by atomic mass is 9.86. The number of rotatable bonds is 2. The van der Waals surface area contributed by atoms with E-state index in [1.54, 1.807) is 0 Å². The number of carbonyl (C=O) groups is 1. The molecule has 3 heteroatoms. The van der Waals surface area contributed by atoms with Gasteiger partial charge < -0.3 is 10.6 Å². The summed E-state index contributed by atoms with van der Waals surface area (Å²) < 4.78 is 0. The van der Waals surface area contributed by atoms with Gasteiger partial charge in [-0.15, -0.1) is 0 Å². The van der Waals surface area contributed by atoms with Crippen LogP contribution in [0, 0.1) is 0 Å². The van der Waals surface area contributed by atoms with Crippen LogP contribution in [-0.4, -0.2) is 5.91 Å². The predicted octanol–water partition coefficient (Wildman–Crippen LogP) is 3.09. The fraction of sp³-hybridized carbons (Fsp3) is 0.235. The van der Waals surface area contributed by atoms with Crippen molar-refractivity contribution in [3.05, 3.63) is 59.7 Å². The third-order valence-corrected chi connectivity index (χ3v) is 4.03. The second-order valence-corrected chi connectivity index (χ2v) is 5.73. The average molecular weight is 266 g/mol. The number of benzene rings is 2. The van der Waals surface area contributed by atoms with Gasteiger partial charge in [-0.1, -0.05) is 36.4 Å². The van der Waals surface area contributed by atoms with E-state index in [0.717, 1.165) is 22.5 Å². The molecule has 0 aliphatic carbocycles. The van der Waals surface area contributed by atoms with Crippen molar-refractivity contribution in [2.75, 3.05) is 10.6 Å². The van der Waals surface area contributed by atoms with E-state index >= 15 is 0 Å². The third kappa shape index (κ3) is 1.78. The van der Waals surface area contributed by atoms with Crippen molar-refractivity contribution in [2.45, 2.75) is 25.8 Å². The van der Waals surface area contributed by atoms with Crippen LogP contribution in [-0.2, 0) is 16.8 Å². The Bertz CT molecular complexity index is 676. The van der Waals surface area contributed by atoms with Crippen molar-refractivity contribution in [1.82, 2.24) is 0 Å². The number of carbonyl (C=O) groups excluding carboxylic acids is 1. The van der Waals surface area contributed by atoms with Gasteiger partial charge in [0.1, 0.15) is 0 Å². The third-order valence-electron chi connectivity index (χ3n) is 4.03. The van der Waals surface area contributed by atoms with Gasteiger partial charge in [-0.2, -0.15) is 0 Å². The van der Waals surface area contributed by atoms with E-state index in [1.165, 1.54) is 0 Å². The Morgan fingerprint density at radius 3 is 2.45 bits per heavy atom. The molecule has 3 rings (SSSR count). The van der Waals surface area contributed by atoms with Gasteiger partial charge in [0.05, 0.1) is 12.0 Å². The topological polar surface area (TPSA) is 46.3 Å². The Hall–Kier alpha value is -2.29. The maximum atomic E-state index is 12.7. The predicted molar refractivity (Wildman–Crippen MR) is 81.5 cm³/mol. The van der Waals surface area contributed by atoms with Crippen LogP contribution in [0.5, 0.6) is 0 Å². The van der Waals surface area contributed by atoms with Gasteiger partial charge in [0.25, 0.3) is 0 Å². The molecule has 1 aliphatic rings. The van der Waals surface area contributed by atoms with Gasteiger partial charge >= 0.3 is 0 Å². The number of anilines is 2. The maximum absolute atomic E-state index is 12.7. The fourth-order valence-corrected chi connectivity index (χ4v) is 2.81. The number of nitrogens with zero attached hydrogens (tertiary/aromatic N) is 1. The molecule has 1 heterocycles. The van der Waals surface area contributed by atoms with Crippen LogP contribution in [0.3, 0.4) is 0 Å². The second kappa shape index (κ2) is 4.37. The molecule has 102 valence electrons. The molecule has 0 unspecified atom stereocenters. The highest BCUT2D eigenvalue weighted by Gasteiger charge is 2.43. The van der Waals surface area contributed by atoms with Gasteiger partial charge in [0.2, 0.25) is 5.91 Å². The van der Waals surface area contributed by atoms with E-state index in [1.807, 2.05) is 67.3 Å². The van der Waals surface area contributed by atoms with Crippen molar-refractivity contribution in [3.63, 3.8) is 0 Å². The molecule has 2 aromatic carbocycles. The molecule has 2 N–H and O–H groups in total. The number of nitrogens with two attached hydrogens (primary N) is 1. The molecule has 0 aromatic heterocycles. The van der Waals surface area contributed by atoms with Crippen molar-refractivity contribution in [1.29, 1.82) is 0 Å². The Kier molecular flexibility index (Phi) is 2.78. The summed E-state index contributed by atoms with van der Waals surface area (Å²) in [5, 5.41) is 0. The van der Waals surface area contributed by atoms with Gasteiger partial charge in [-0.3, -0.25) is 4.79 Å². The summed E-state index contributed by atoms with van der Waals surface area (Å²) in [4.78, 5) is 14.5. The standard InChI is InChI=1S/C17H18N2O/c1-17(2)13-8-4-6-10-15(13)19(16(17)20)11-12-7-3-5-9-14(12)18/h3-10H,11,18H2,1-2H3. The van der Waals surface area contributed by atoms with Crippen LogP contribution in [0.4, 0.5) is 11.4 Å². The van der Waals surface area contributed by atoms with Crippen LogP contribution in [0.2, 0.25) is 0 Å². The van der Waals surface area contributed by atoms with E-state index in [-0.39, 0.29) is 5.91 Å². The first-order valence-corrected chi connectivity index (χ1v) is 6.76. The zero-order valence-corrected chi connectivity index (χ0v) is 11.8. The first-order valence-electron chi connectivity index (χ1n) is 6.76. The molecule has 20 heavy (non-hydrogen) atoms. The number of hydrogen-bond donors (Lipinski definition) is 1. The Morgan fingerprint density at radius 2 is 1.70 bits per heavy atom. The number of amides is 1. The normalized spacial score (nSPS) is 16.3. The minimum Gasteiger partial charge on any atom is -0.398 e. The summed E-state index contributed by atoms with van der Waals surface area (Å²) in [6.45, 7) is 4.47. The Balaban J connectivity index is 2.03. The summed E-state index contributed by atoms with van der Waals surface area (Å²) in [7, 11) is 0. The zero-order chi connectivity index (χ0) is 14.3. The molecule has 1 amide bonds. The van der Waals surface area contributed by atoms with Crippen LogP contribution >= 0.6 is 0 Å². The zero-order valence-electron chi connectivity index (χ0n) is 11.8. The first kappa shape index (κ1) is 12.7. The second-order valence-electron chi connectivity index (χ2n) is 5.73. The summed E-state index contributed by atoms with van der Waals surface area (Å²) in [5.41, 5.74) is 9.30. The molecule has 0 fully saturated rings. The van der Waals surface area contributed by atoms with Crippen molar-refractivity contribution < 1.29 is 4.79 Å². The smallest absolute Gasteiger partial charge is 0.237 e. The minimum absolute atomic E-state index is 0.127. The Morgan fingerprint density at radius 1 is 1.05 bits per heavy atom. The maximum Gasteiger partial charge on any atom is 0.237 e. The first-order chi connectivity index (χ1) is 9.51. The van der Waals surface area contributed by atoms with E-state index < -0.39 is 5.41 Å². The molecule has 0 saturated heterocycles. The molecule has 0 bridgehead atoms. The lowest BCUT2D eigenvalue weighted by Crippen LogP contribution is -2.35. The van der Waals surface area contributed by atoms with E-state index in [9.17, 15) is 4.79 Å². The summed E-state index contributed by atoms with van der Waals surface area (Å²) in [5.74, 6) is 0.127. The highest BCUT2D eigenvalue weighted by molar-refractivity contribution is 6.07. The molecule has 0 saturated carbocycles. The summed E-state index contributed by atoms with van der Waals surface area (Å²) >= 11 is 0. The average Bonchev–Trinajstić information content (AvgIpc) is 2.63. The minimum atomic E-state index is -0.472. The molecular formula is C17H18N2O. The molecule has 1 aliphatic heterocycles. The molecule has 0 spiro atoms. The lowest BCUT2D eigenvalue weighted by molar-refractivity contribution is -0.122. The van der Waals surface area contributed by atoms with Crippen molar-refractivity contribution in [3.8, 4) is 0 Å². The van der Waals surface area contributed by atoms with Crippen LogP contribution in [0.25, 0.3) is 0 Å². The van der Waals surface area contributed by atoms with Gasteiger partial charge in [-0.25, -0.2) is 0 Å². The van der Waals surface area contributed by atoms with Crippen molar-refractivity contribution in [2.24, 2.45) is 0 Å². The SMILES string of the molecule is CC1(C)C(=O)N(Cc2ccccc2N)c2ccccc21. The van der Waals surface area contributed by atoms with Crippen molar-refractivity contribution >= 4 is 17.3 Å². The van der Waals surface area contributed by atoms with Crippen LogP contribution in [0.15, 0.2) is 48.5 Å². The summed E-state index contributed by atoms with van der Waals surface area (Å²) in [6, 6.07) is 15.7. The lowest BCUT2D eigenvalue weighted by Gasteiger charge is -2.21. The monoisotopic (exact) mass is 266 g/mol. The van der Waals surface area contributed by atoms with Gasteiger partial charge in [0.15, 0.2) is 0 Å². The molecule has 0 atom stereocenters. The quantitative estimate of drug-likeness (QED) is 0.849. The fourth-order valence-electron chi connectivity index (χ4n) is 2.81. The number of para-hydroxylation sites is 2. The molecule has 2 aromatic rings. The van der Waals surface area contributed by atoms with Crippen LogP contribution < -0.4 is 10.6 Å². The highest BCUT2D eigenvalue weighted by Crippen LogP contribution is 2.42.